The standard InChI is InChI=1S/C17H15BrN2O4S/c1-9-7-11(16(22)23)3-5-13(9)19-17(25)20-15(21)10-4-6-14(24-2)12(18)8-10/h3-8H,1-2H3,(H,22,23)(H2,19,20,21,25). The number of nitrogens with one attached hydrogen (secondary N) is 2. The number of aryl methyl sites for hydroxylation is 1. The van der Waals surface area contributed by atoms with Crippen LogP contribution >= 0.6 is 28.1 Å². The van der Waals surface area contributed by atoms with Gasteiger partial charge in [0.05, 0.1) is 17.1 Å². The molecule has 2 aromatic rings. The van der Waals surface area contributed by atoms with Gasteiger partial charge in [0.1, 0.15) is 5.75 Å². The summed E-state index contributed by atoms with van der Waals surface area (Å²) >= 11 is 8.46. The molecule has 2 rings (SSSR count). The summed E-state index contributed by atoms with van der Waals surface area (Å²) in [5.41, 5.74) is 1.91. The van der Waals surface area contributed by atoms with E-state index >= 15 is 0 Å². The van der Waals surface area contributed by atoms with Gasteiger partial charge in [0, 0.05) is 11.3 Å². The Hall–Kier alpha value is -2.45. The van der Waals surface area contributed by atoms with Crippen LogP contribution in [0.15, 0.2) is 40.9 Å². The number of amides is 1. The van der Waals surface area contributed by atoms with Crippen LogP contribution in [-0.4, -0.2) is 29.2 Å². The van der Waals surface area contributed by atoms with Gasteiger partial charge in [-0.15, -0.1) is 0 Å². The molecule has 0 unspecified atom stereocenters. The zero-order valence-electron chi connectivity index (χ0n) is 13.4. The van der Waals surface area contributed by atoms with Gasteiger partial charge in [-0.25, -0.2) is 4.79 Å². The lowest BCUT2D eigenvalue weighted by molar-refractivity contribution is 0.0696. The smallest absolute Gasteiger partial charge is 0.335 e. The van der Waals surface area contributed by atoms with Crippen LogP contribution in [0.25, 0.3) is 0 Å². The maximum absolute atomic E-state index is 12.2. The lowest BCUT2D eigenvalue weighted by Crippen LogP contribution is -2.34. The second-order valence-electron chi connectivity index (χ2n) is 5.09. The maximum atomic E-state index is 12.2. The number of halogens is 1. The Bertz CT molecular complexity index is 855. The zero-order chi connectivity index (χ0) is 18.6. The number of rotatable bonds is 4. The van der Waals surface area contributed by atoms with Crippen molar-refractivity contribution >= 4 is 50.8 Å². The first-order valence-corrected chi connectivity index (χ1v) is 8.31. The number of carbonyl (C=O) groups excluding carboxylic acids is 1. The second-order valence-corrected chi connectivity index (χ2v) is 6.36. The first-order valence-electron chi connectivity index (χ1n) is 7.11. The molecule has 8 heteroatoms. The molecular formula is C17H15BrN2O4S. The highest BCUT2D eigenvalue weighted by molar-refractivity contribution is 9.10. The summed E-state index contributed by atoms with van der Waals surface area (Å²) in [7, 11) is 1.54. The zero-order valence-corrected chi connectivity index (χ0v) is 15.8. The average Bonchev–Trinajstić information content (AvgIpc) is 2.56. The van der Waals surface area contributed by atoms with Crippen LogP contribution in [0.3, 0.4) is 0 Å². The van der Waals surface area contributed by atoms with Gasteiger partial charge < -0.3 is 15.2 Å². The number of carbonyl (C=O) groups is 2. The van der Waals surface area contributed by atoms with Crippen molar-refractivity contribution in [1.29, 1.82) is 0 Å². The molecule has 0 atom stereocenters. The number of carboxylic acids is 1. The molecule has 0 aliphatic rings. The van der Waals surface area contributed by atoms with Gasteiger partial charge in [-0.1, -0.05) is 0 Å². The summed E-state index contributed by atoms with van der Waals surface area (Å²) in [5.74, 6) is -0.761. The van der Waals surface area contributed by atoms with E-state index in [0.717, 1.165) is 0 Å². The van der Waals surface area contributed by atoms with Crippen LogP contribution in [0, 0.1) is 6.92 Å². The Balaban J connectivity index is 2.06. The monoisotopic (exact) mass is 422 g/mol. The van der Waals surface area contributed by atoms with Crippen LogP contribution in [0.1, 0.15) is 26.3 Å². The van der Waals surface area contributed by atoms with Gasteiger partial charge in [0.25, 0.3) is 5.91 Å². The first-order chi connectivity index (χ1) is 11.8. The van der Waals surface area contributed by atoms with Crippen molar-refractivity contribution in [2.24, 2.45) is 0 Å². The maximum Gasteiger partial charge on any atom is 0.335 e. The summed E-state index contributed by atoms with van der Waals surface area (Å²) in [5, 5.41) is 14.5. The molecule has 0 aliphatic heterocycles. The molecule has 0 saturated carbocycles. The molecule has 0 aliphatic carbocycles. The predicted octanol–water partition coefficient (Wildman–Crippen LogP) is 3.59. The van der Waals surface area contributed by atoms with E-state index in [1.165, 1.54) is 19.2 Å². The summed E-state index contributed by atoms with van der Waals surface area (Å²) < 4.78 is 5.78. The normalized spacial score (nSPS) is 10.0. The molecule has 0 radical (unpaired) electrons. The quantitative estimate of drug-likeness (QED) is 0.652. The van der Waals surface area contributed by atoms with Gasteiger partial charge in [-0.2, -0.15) is 0 Å². The van der Waals surface area contributed by atoms with E-state index in [-0.39, 0.29) is 16.6 Å². The molecule has 0 aromatic heterocycles. The minimum absolute atomic E-state index is 0.114. The molecule has 6 nitrogen and oxygen atoms in total. The third kappa shape index (κ3) is 4.77. The van der Waals surface area contributed by atoms with Crippen LogP contribution < -0.4 is 15.4 Å². The van der Waals surface area contributed by atoms with E-state index in [2.05, 4.69) is 26.6 Å². The summed E-state index contributed by atoms with van der Waals surface area (Å²) in [6.07, 6.45) is 0. The van der Waals surface area contributed by atoms with E-state index in [1.807, 2.05) is 0 Å². The number of thiocarbonyl (C=S) groups is 1. The third-order valence-electron chi connectivity index (χ3n) is 3.36. The van der Waals surface area contributed by atoms with Crippen LogP contribution in [0.4, 0.5) is 5.69 Å². The second kappa shape index (κ2) is 8.09. The molecule has 1 amide bonds. The van der Waals surface area contributed by atoms with Crippen LogP contribution in [-0.2, 0) is 0 Å². The molecule has 0 saturated heterocycles. The molecule has 0 fully saturated rings. The number of ether oxygens (including phenoxy) is 1. The van der Waals surface area contributed by atoms with Gasteiger partial charge in [-0.3, -0.25) is 10.1 Å². The Kier molecular flexibility index (Phi) is 6.11. The molecule has 0 spiro atoms. The van der Waals surface area contributed by atoms with Gasteiger partial charge in [0.15, 0.2) is 5.11 Å². The number of carboxylic acid groups (broad SMARTS) is 1. The average molecular weight is 423 g/mol. The van der Waals surface area contributed by atoms with Crippen molar-refractivity contribution < 1.29 is 19.4 Å². The van der Waals surface area contributed by atoms with Gasteiger partial charge in [-0.05, 0) is 77.0 Å². The van der Waals surface area contributed by atoms with Gasteiger partial charge >= 0.3 is 5.97 Å². The van der Waals surface area contributed by atoms with Crippen molar-refractivity contribution in [1.82, 2.24) is 5.32 Å². The van der Waals surface area contributed by atoms with Gasteiger partial charge in [0.2, 0.25) is 0 Å². The minimum Gasteiger partial charge on any atom is -0.496 e. The van der Waals surface area contributed by atoms with Crippen molar-refractivity contribution in [3.05, 3.63) is 57.6 Å². The molecule has 130 valence electrons. The third-order valence-corrected chi connectivity index (χ3v) is 4.19. The molecular weight excluding hydrogens is 408 g/mol. The lowest BCUT2D eigenvalue weighted by atomic mass is 10.1. The summed E-state index contributed by atoms with van der Waals surface area (Å²) in [4.78, 5) is 23.2. The summed E-state index contributed by atoms with van der Waals surface area (Å²) in [6, 6.07) is 9.50. The van der Waals surface area contributed by atoms with Crippen LogP contribution in [0.2, 0.25) is 0 Å². The Morgan fingerprint density at radius 1 is 1.16 bits per heavy atom. The highest BCUT2D eigenvalue weighted by Crippen LogP contribution is 2.25. The van der Waals surface area contributed by atoms with E-state index < -0.39 is 5.97 Å². The molecule has 0 bridgehead atoms. The number of hydrogen-bond acceptors (Lipinski definition) is 4. The van der Waals surface area contributed by atoms with E-state index in [9.17, 15) is 9.59 Å². The van der Waals surface area contributed by atoms with Crippen molar-refractivity contribution in [2.75, 3.05) is 12.4 Å². The highest BCUT2D eigenvalue weighted by Gasteiger charge is 2.12. The van der Waals surface area contributed by atoms with Crippen molar-refractivity contribution in [3.8, 4) is 5.75 Å². The van der Waals surface area contributed by atoms with E-state index in [4.69, 9.17) is 22.1 Å². The minimum atomic E-state index is -1.00. The van der Waals surface area contributed by atoms with Crippen LogP contribution in [0.5, 0.6) is 5.75 Å². The Labute approximate surface area is 158 Å². The number of anilines is 1. The lowest BCUT2D eigenvalue weighted by Gasteiger charge is -2.12. The fraction of sp³-hybridized carbons (Fsp3) is 0.118. The van der Waals surface area contributed by atoms with Crippen molar-refractivity contribution in [3.63, 3.8) is 0 Å². The summed E-state index contributed by atoms with van der Waals surface area (Å²) in [6.45, 7) is 1.75. The molecule has 3 N–H and O–H groups in total. The number of methoxy groups -OCH3 is 1. The highest BCUT2D eigenvalue weighted by atomic mass is 79.9. The number of hydrogen-bond donors (Lipinski definition) is 3. The SMILES string of the molecule is COc1ccc(C(=O)NC(=S)Nc2ccc(C(=O)O)cc2C)cc1Br. The number of benzene rings is 2. The van der Waals surface area contributed by atoms with E-state index in [0.29, 0.717) is 27.0 Å². The molecule has 2 aromatic carbocycles. The molecule has 0 heterocycles. The van der Waals surface area contributed by atoms with E-state index in [1.54, 1.807) is 31.2 Å². The largest absolute Gasteiger partial charge is 0.496 e. The topological polar surface area (TPSA) is 87.7 Å². The Morgan fingerprint density at radius 3 is 2.40 bits per heavy atom. The Morgan fingerprint density at radius 2 is 1.84 bits per heavy atom. The first kappa shape index (κ1) is 18.9. The van der Waals surface area contributed by atoms with Crippen molar-refractivity contribution in [2.45, 2.75) is 6.92 Å². The predicted molar refractivity (Wildman–Crippen MR) is 103 cm³/mol. The molecule has 25 heavy (non-hydrogen) atoms. The fourth-order valence-corrected chi connectivity index (χ4v) is 2.82. The fourth-order valence-electron chi connectivity index (χ4n) is 2.07. The number of aromatic carboxylic acids is 1.